The fourth-order valence-corrected chi connectivity index (χ4v) is 5.75. The molecule has 0 amide bonds. The van der Waals surface area contributed by atoms with Crippen LogP contribution in [0.2, 0.25) is 0 Å². The van der Waals surface area contributed by atoms with Crippen LogP contribution < -0.4 is 4.74 Å². The van der Waals surface area contributed by atoms with E-state index in [0.29, 0.717) is 23.7 Å². The second-order valence-corrected chi connectivity index (χ2v) is 11.6. The Morgan fingerprint density at radius 1 is 0.760 bits per heavy atom. The van der Waals surface area contributed by atoms with Crippen molar-refractivity contribution in [3.63, 3.8) is 0 Å². The van der Waals surface area contributed by atoms with Gasteiger partial charge in [0.2, 0.25) is 0 Å². The molecular weight excluding hydrogens is 656 g/mol. The highest BCUT2D eigenvalue weighted by Crippen LogP contribution is 2.50. The molecule has 0 aromatic heterocycles. The molecule has 1 aliphatic heterocycles. The molecule has 1 heterocycles. The molecule has 5 atom stereocenters. The third-order valence-corrected chi connectivity index (χ3v) is 8.19. The Kier molecular flexibility index (Phi) is 10.3. The zero-order valence-corrected chi connectivity index (χ0v) is 26.1. The highest BCUT2D eigenvalue weighted by Gasteiger charge is 2.47. The van der Waals surface area contributed by atoms with Crippen LogP contribution in [0.1, 0.15) is 34.6 Å². The van der Waals surface area contributed by atoms with Gasteiger partial charge in [0.25, 0.3) is 0 Å². The summed E-state index contributed by atoms with van der Waals surface area (Å²) in [4.78, 5) is 50.4. The van der Waals surface area contributed by atoms with Crippen molar-refractivity contribution in [2.75, 3.05) is 0 Å². The highest BCUT2D eigenvalue weighted by molar-refractivity contribution is 5.91. The first-order valence-electron chi connectivity index (χ1n) is 15.2. The molecular formula is C36H32O14. The summed E-state index contributed by atoms with van der Waals surface area (Å²) in [6.07, 6.45) is 1.67. The van der Waals surface area contributed by atoms with E-state index in [1.54, 1.807) is 0 Å². The SMILES string of the molecule is O=CC(Cc1ccc(O)c(O)c1)OC(=O)[C@H]1c2c(/C=C/C(=O)O[C@@H](C=O)Cc3ccc(O)c(O)c3)ccc(O)c2O[C@@H]1C1C=C(O)C(O)=CC1. The average Bonchev–Trinajstić information content (AvgIpc) is 3.50. The van der Waals surface area contributed by atoms with Gasteiger partial charge in [-0.2, -0.15) is 0 Å². The number of rotatable bonds is 12. The summed E-state index contributed by atoms with van der Waals surface area (Å²) in [6.45, 7) is 0. The Bertz CT molecular complexity index is 1910. The molecule has 3 aromatic carbocycles. The molecule has 5 rings (SSSR count). The van der Waals surface area contributed by atoms with Gasteiger partial charge in [0, 0.05) is 30.4 Å². The van der Waals surface area contributed by atoms with Crippen molar-refractivity contribution >= 4 is 30.6 Å². The summed E-state index contributed by atoms with van der Waals surface area (Å²) in [5.41, 5.74) is 1.03. The Labute approximate surface area is 284 Å². The molecule has 0 spiro atoms. The maximum atomic E-state index is 13.9. The number of carbonyl (C=O) groups is 4. The number of benzene rings is 3. The second-order valence-electron chi connectivity index (χ2n) is 11.6. The first-order valence-corrected chi connectivity index (χ1v) is 15.2. The monoisotopic (exact) mass is 688 g/mol. The van der Waals surface area contributed by atoms with E-state index in [1.807, 2.05) is 0 Å². The Balaban J connectivity index is 1.43. The van der Waals surface area contributed by atoms with Crippen molar-refractivity contribution in [1.29, 1.82) is 0 Å². The van der Waals surface area contributed by atoms with Crippen LogP contribution in [0.5, 0.6) is 34.5 Å². The van der Waals surface area contributed by atoms with E-state index in [4.69, 9.17) is 14.2 Å². The number of aliphatic hydroxyl groups is 2. The quantitative estimate of drug-likeness (QED) is 0.0622. The molecule has 0 fully saturated rings. The van der Waals surface area contributed by atoms with E-state index < -0.39 is 59.3 Å². The summed E-state index contributed by atoms with van der Waals surface area (Å²) >= 11 is 0. The van der Waals surface area contributed by atoms with Gasteiger partial charge in [-0.15, -0.1) is 0 Å². The second kappa shape index (κ2) is 14.8. The summed E-state index contributed by atoms with van der Waals surface area (Å²) in [5.74, 6) is -6.98. The Hall–Kier alpha value is -6.44. The van der Waals surface area contributed by atoms with Crippen molar-refractivity contribution in [3.05, 3.63) is 101 Å². The number of hydrogen-bond acceptors (Lipinski definition) is 14. The maximum absolute atomic E-state index is 13.9. The minimum absolute atomic E-state index is 0.0779. The molecule has 3 aromatic rings. The molecule has 0 bridgehead atoms. The van der Waals surface area contributed by atoms with E-state index in [2.05, 4.69) is 0 Å². The van der Waals surface area contributed by atoms with E-state index in [1.165, 1.54) is 66.8 Å². The number of aliphatic hydroxyl groups excluding tert-OH is 2. The third-order valence-electron chi connectivity index (χ3n) is 8.19. The number of aromatic hydroxyl groups is 5. The first kappa shape index (κ1) is 34.9. The number of phenolic OH excluding ortho intramolecular Hbond substituents is 5. The van der Waals surface area contributed by atoms with E-state index in [0.717, 1.165) is 6.08 Å². The van der Waals surface area contributed by atoms with Crippen molar-refractivity contribution in [2.24, 2.45) is 5.92 Å². The molecule has 0 saturated heterocycles. The van der Waals surface area contributed by atoms with Gasteiger partial charge >= 0.3 is 11.9 Å². The van der Waals surface area contributed by atoms with Crippen molar-refractivity contribution in [3.8, 4) is 34.5 Å². The van der Waals surface area contributed by atoms with Crippen molar-refractivity contribution in [1.82, 2.24) is 0 Å². The lowest BCUT2D eigenvalue weighted by molar-refractivity contribution is -0.155. The number of aldehydes is 2. The van der Waals surface area contributed by atoms with E-state index in [-0.39, 0.29) is 59.1 Å². The van der Waals surface area contributed by atoms with Gasteiger partial charge in [0.1, 0.15) is 12.0 Å². The van der Waals surface area contributed by atoms with Crippen LogP contribution in [-0.4, -0.2) is 78.6 Å². The maximum Gasteiger partial charge on any atom is 0.331 e. The number of ether oxygens (including phenoxy) is 3. The lowest BCUT2D eigenvalue weighted by atomic mass is 9.82. The van der Waals surface area contributed by atoms with Crippen LogP contribution >= 0.6 is 0 Å². The van der Waals surface area contributed by atoms with Gasteiger partial charge in [-0.25, -0.2) is 4.79 Å². The first-order chi connectivity index (χ1) is 23.9. The molecule has 50 heavy (non-hydrogen) atoms. The van der Waals surface area contributed by atoms with Crippen LogP contribution in [0.15, 0.2) is 78.3 Å². The van der Waals surface area contributed by atoms with Crippen LogP contribution in [0.3, 0.4) is 0 Å². The molecule has 14 heteroatoms. The van der Waals surface area contributed by atoms with Gasteiger partial charge in [0.15, 0.2) is 70.8 Å². The summed E-state index contributed by atoms with van der Waals surface area (Å²) in [5, 5.41) is 69.6. The lowest BCUT2D eigenvalue weighted by Gasteiger charge is -2.27. The fraction of sp³-hybridized carbons (Fsp3) is 0.222. The third kappa shape index (κ3) is 7.65. The number of allylic oxidation sites excluding steroid dienone is 1. The Morgan fingerprint density at radius 2 is 1.34 bits per heavy atom. The van der Waals surface area contributed by atoms with E-state index in [9.17, 15) is 54.9 Å². The standard InChI is InChI=1S/C36H32O14/c37-16-22(11-18-1-6-24(39)28(43)13-18)48-31(46)10-5-20-3-9-27(42)35-32(20)33(34(50-35)21-4-8-26(41)30(45)15-21)36(47)49-23(17-38)12-19-2-7-25(40)29(44)14-19/h1-3,5-10,13-17,21-23,33-34,39-45H,4,11-12H2/b10-5+/t21?,22-,23?,33+,34-/m1/s1. The van der Waals surface area contributed by atoms with Crippen molar-refractivity contribution in [2.45, 2.75) is 43.5 Å². The van der Waals surface area contributed by atoms with Crippen LogP contribution in [0.25, 0.3) is 6.08 Å². The fourth-order valence-electron chi connectivity index (χ4n) is 5.75. The predicted octanol–water partition coefficient (Wildman–Crippen LogP) is 3.68. The normalized spacial score (nSPS) is 19.3. The molecule has 1 aliphatic carbocycles. The number of phenols is 5. The molecule has 7 N–H and O–H groups in total. The molecule has 260 valence electrons. The summed E-state index contributed by atoms with van der Waals surface area (Å²) in [6, 6.07) is 10.3. The van der Waals surface area contributed by atoms with E-state index >= 15 is 0 Å². The molecule has 0 saturated carbocycles. The van der Waals surface area contributed by atoms with Crippen molar-refractivity contribution < 1.29 is 69.1 Å². The largest absolute Gasteiger partial charge is 0.504 e. The Morgan fingerprint density at radius 3 is 1.90 bits per heavy atom. The number of fused-ring (bicyclic) bond motifs is 1. The summed E-state index contributed by atoms with van der Waals surface area (Å²) < 4.78 is 16.9. The van der Waals surface area contributed by atoms with Crippen LogP contribution in [-0.2, 0) is 41.5 Å². The number of carbonyl (C=O) groups excluding carboxylic acids is 4. The van der Waals surface area contributed by atoms with Crippen LogP contribution in [0, 0.1) is 5.92 Å². The zero-order valence-electron chi connectivity index (χ0n) is 26.1. The highest BCUT2D eigenvalue weighted by atomic mass is 16.6. The summed E-state index contributed by atoms with van der Waals surface area (Å²) in [7, 11) is 0. The minimum Gasteiger partial charge on any atom is -0.504 e. The van der Waals surface area contributed by atoms with Gasteiger partial charge in [-0.05, 0) is 71.7 Å². The van der Waals surface area contributed by atoms with Gasteiger partial charge in [0.05, 0.1) is 0 Å². The van der Waals surface area contributed by atoms with Gasteiger partial charge < -0.3 is 50.0 Å². The van der Waals surface area contributed by atoms with Crippen LogP contribution in [0.4, 0.5) is 0 Å². The van der Waals surface area contributed by atoms with Gasteiger partial charge in [-0.1, -0.05) is 18.2 Å². The van der Waals surface area contributed by atoms with Gasteiger partial charge in [-0.3, -0.25) is 14.4 Å². The molecule has 0 radical (unpaired) electrons. The smallest absolute Gasteiger partial charge is 0.331 e. The molecule has 2 unspecified atom stereocenters. The molecule has 2 aliphatic rings. The minimum atomic E-state index is -1.36. The predicted molar refractivity (Wildman–Crippen MR) is 173 cm³/mol. The lowest BCUT2D eigenvalue weighted by Crippen LogP contribution is -2.36. The zero-order chi connectivity index (χ0) is 36.1. The topological polar surface area (TPSA) is 238 Å². The molecule has 14 nitrogen and oxygen atoms in total. The number of esters is 2. The average molecular weight is 689 g/mol. The number of hydrogen-bond donors (Lipinski definition) is 7.